The van der Waals surface area contributed by atoms with E-state index >= 15 is 0 Å². The fourth-order valence-corrected chi connectivity index (χ4v) is 4.33. The Bertz CT molecular complexity index is 988. The second-order valence-corrected chi connectivity index (χ2v) is 8.25. The van der Waals surface area contributed by atoms with Gasteiger partial charge in [-0.15, -0.1) is 11.3 Å². The Kier molecular flexibility index (Phi) is 5.49. The summed E-state index contributed by atoms with van der Waals surface area (Å²) in [7, 11) is 1.59. The van der Waals surface area contributed by atoms with Gasteiger partial charge in [-0.3, -0.25) is 4.79 Å². The predicted octanol–water partition coefficient (Wildman–Crippen LogP) is 3.79. The van der Waals surface area contributed by atoms with Crippen molar-refractivity contribution < 1.29 is 9.53 Å². The molecule has 0 aliphatic carbocycles. The van der Waals surface area contributed by atoms with Crippen LogP contribution in [0.2, 0.25) is 0 Å². The topological polar surface area (TPSA) is 58.6 Å². The van der Waals surface area contributed by atoms with Crippen LogP contribution in [0.15, 0.2) is 42.6 Å². The smallest absolute Gasteiger partial charge is 0.257 e. The van der Waals surface area contributed by atoms with Gasteiger partial charge in [0, 0.05) is 42.8 Å². The van der Waals surface area contributed by atoms with E-state index in [0.717, 1.165) is 35.2 Å². The summed E-state index contributed by atoms with van der Waals surface area (Å²) in [5.74, 6) is 1.56. The van der Waals surface area contributed by atoms with Gasteiger partial charge in [-0.05, 0) is 38.1 Å². The number of ether oxygens (including phenoxy) is 1. The molecule has 1 saturated heterocycles. The number of para-hydroxylation sites is 1. The molecule has 1 fully saturated rings. The van der Waals surface area contributed by atoms with Gasteiger partial charge in [-0.2, -0.15) is 0 Å². The van der Waals surface area contributed by atoms with Crippen LogP contribution < -0.4 is 9.64 Å². The number of aryl methyl sites for hydroxylation is 2. The Morgan fingerprint density at radius 2 is 1.83 bits per heavy atom. The maximum atomic E-state index is 12.9. The van der Waals surface area contributed by atoms with Gasteiger partial charge in [-0.1, -0.05) is 12.1 Å². The maximum Gasteiger partial charge on any atom is 0.257 e. The van der Waals surface area contributed by atoms with Crippen LogP contribution >= 0.6 is 11.3 Å². The lowest BCUT2D eigenvalue weighted by atomic mass is 10.1. The second-order valence-electron chi connectivity index (χ2n) is 7.05. The van der Waals surface area contributed by atoms with E-state index in [0.29, 0.717) is 24.4 Å². The summed E-state index contributed by atoms with van der Waals surface area (Å²) in [6.45, 7) is 6.94. The van der Waals surface area contributed by atoms with Crippen molar-refractivity contribution in [3.8, 4) is 16.3 Å². The molecule has 29 heavy (non-hydrogen) atoms. The highest BCUT2D eigenvalue weighted by Crippen LogP contribution is 2.28. The molecule has 3 aromatic rings. The fraction of sp³-hybridized carbons (Fsp3) is 0.318. The van der Waals surface area contributed by atoms with Crippen molar-refractivity contribution in [1.82, 2.24) is 14.9 Å². The van der Waals surface area contributed by atoms with E-state index in [-0.39, 0.29) is 5.91 Å². The normalized spacial score (nSPS) is 14.2. The summed E-state index contributed by atoms with van der Waals surface area (Å²) >= 11 is 1.69. The van der Waals surface area contributed by atoms with Crippen LogP contribution in [0.25, 0.3) is 10.6 Å². The molecule has 7 heteroatoms. The molecule has 0 bridgehead atoms. The lowest BCUT2D eigenvalue weighted by Crippen LogP contribution is -2.49. The van der Waals surface area contributed by atoms with Crippen LogP contribution in [0.3, 0.4) is 0 Å². The summed E-state index contributed by atoms with van der Waals surface area (Å²) in [4.78, 5) is 27.4. The standard InChI is InChI=1S/C22H24N4O2S/c1-15-16(2)29-21(24-15)17-8-9-20(23-14-17)25-10-12-26(13-11-25)22(27)18-6-4-5-7-19(18)28-3/h4-9,14H,10-13H2,1-3H3. The van der Waals surface area contributed by atoms with E-state index in [4.69, 9.17) is 4.74 Å². The Morgan fingerprint density at radius 3 is 2.45 bits per heavy atom. The number of carbonyl (C=O) groups is 1. The number of aromatic nitrogens is 2. The number of anilines is 1. The number of hydrogen-bond donors (Lipinski definition) is 0. The van der Waals surface area contributed by atoms with Gasteiger partial charge in [-0.25, -0.2) is 9.97 Å². The molecule has 0 atom stereocenters. The SMILES string of the molecule is COc1ccccc1C(=O)N1CCN(c2ccc(-c3nc(C)c(C)s3)cn2)CC1. The van der Waals surface area contributed by atoms with E-state index in [1.807, 2.05) is 48.4 Å². The van der Waals surface area contributed by atoms with E-state index < -0.39 is 0 Å². The third kappa shape index (κ3) is 3.96. The minimum atomic E-state index is 0.0138. The average Bonchev–Trinajstić information content (AvgIpc) is 3.11. The summed E-state index contributed by atoms with van der Waals surface area (Å²) in [6.07, 6.45) is 1.89. The first kappa shape index (κ1) is 19.4. The predicted molar refractivity (Wildman–Crippen MR) is 116 cm³/mol. The zero-order valence-corrected chi connectivity index (χ0v) is 17.7. The van der Waals surface area contributed by atoms with Crippen molar-refractivity contribution in [3.63, 3.8) is 0 Å². The Balaban J connectivity index is 1.41. The molecule has 150 valence electrons. The Labute approximate surface area is 174 Å². The number of pyridine rings is 1. The average molecular weight is 409 g/mol. The van der Waals surface area contributed by atoms with E-state index in [1.54, 1.807) is 18.4 Å². The Morgan fingerprint density at radius 1 is 1.07 bits per heavy atom. The van der Waals surface area contributed by atoms with Crippen LogP contribution in [-0.2, 0) is 0 Å². The van der Waals surface area contributed by atoms with E-state index in [2.05, 4.69) is 27.9 Å². The van der Waals surface area contributed by atoms with Crippen molar-refractivity contribution in [3.05, 3.63) is 58.7 Å². The molecule has 0 saturated carbocycles. The van der Waals surface area contributed by atoms with Crippen LogP contribution in [-0.4, -0.2) is 54.1 Å². The van der Waals surface area contributed by atoms with E-state index in [9.17, 15) is 4.79 Å². The highest BCUT2D eigenvalue weighted by molar-refractivity contribution is 7.15. The number of methoxy groups -OCH3 is 1. The minimum absolute atomic E-state index is 0.0138. The summed E-state index contributed by atoms with van der Waals surface area (Å²) in [5, 5.41) is 1.01. The first-order valence-corrected chi connectivity index (χ1v) is 10.5. The monoisotopic (exact) mass is 408 g/mol. The molecule has 1 amide bonds. The van der Waals surface area contributed by atoms with Crippen LogP contribution in [0.1, 0.15) is 20.9 Å². The maximum absolute atomic E-state index is 12.9. The number of rotatable bonds is 4. The first-order chi connectivity index (χ1) is 14.1. The third-order valence-corrected chi connectivity index (χ3v) is 6.37. The van der Waals surface area contributed by atoms with Crippen molar-refractivity contribution in [2.75, 3.05) is 38.2 Å². The highest BCUT2D eigenvalue weighted by atomic mass is 32.1. The number of amides is 1. The molecule has 1 aliphatic heterocycles. The fourth-order valence-electron chi connectivity index (χ4n) is 3.43. The molecular formula is C22H24N4O2S. The molecule has 4 rings (SSSR count). The number of benzene rings is 1. The summed E-state index contributed by atoms with van der Waals surface area (Å²) < 4.78 is 5.33. The molecular weight excluding hydrogens is 384 g/mol. The number of thiazole rings is 1. The van der Waals surface area contributed by atoms with Crippen molar-refractivity contribution in [1.29, 1.82) is 0 Å². The van der Waals surface area contributed by atoms with Crippen LogP contribution in [0.5, 0.6) is 5.75 Å². The van der Waals surface area contributed by atoms with Gasteiger partial charge in [0.25, 0.3) is 5.91 Å². The van der Waals surface area contributed by atoms with Gasteiger partial charge >= 0.3 is 0 Å². The van der Waals surface area contributed by atoms with Gasteiger partial charge in [0.15, 0.2) is 0 Å². The summed E-state index contributed by atoms with van der Waals surface area (Å²) in [6, 6.07) is 11.5. The molecule has 6 nitrogen and oxygen atoms in total. The zero-order valence-electron chi connectivity index (χ0n) is 16.9. The number of carbonyl (C=O) groups excluding carboxylic acids is 1. The molecule has 0 unspecified atom stereocenters. The van der Waals surface area contributed by atoms with Gasteiger partial charge in [0.05, 0.1) is 18.4 Å². The minimum Gasteiger partial charge on any atom is -0.496 e. The van der Waals surface area contributed by atoms with Gasteiger partial charge in [0.2, 0.25) is 0 Å². The van der Waals surface area contributed by atoms with Crippen molar-refractivity contribution in [2.45, 2.75) is 13.8 Å². The van der Waals surface area contributed by atoms with Gasteiger partial charge < -0.3 is 14.5 Å². The lowest BCUT2D eigenvalue weighted by Gasteiger charge is -2.35. The van der Waals surface area contributed by atoms with Crippen LogP contribution in [0, 0.1) is 13.8 Å². The molecule has 1 aromatic carbocycles. The highest BCUT2D eigenvalue weighted by Gasteiger charge is 2.24. The van der Waals surface area contributed by atoms with Crippen LogP contribution in [0.4, 0.5) is 5.82 Å². The third-order valence-electron chi connectivity index (χ3n) is 5.25. The summed E-state index contributed by atoms with van der Waals surface area (Å²) in [5.41, 5.74) is 2.73. The molecule has 2 aromatic heterocycles. The molecule has 0 N–H and O–H groups in total. The molecule has 0 radical (unpaired) electrons. The Hall–Kier alpha value is -2.93. The lowest BCUT2D eigenvalue weighted by molar-refractivity contribution is 0.0743. The van der Waals surface area contributed by atoms with Crippen molar-refractivity contribution >= 4 is 23.1 Å². The second kappa shape index (κ2) is 8.21. The quantitative estimate of drug-likeness (QED) is 0.657. The first-order valence-electron chi connectivity index (χ1n) is 9.64. The zero-order chi connectivity index (χ0) is 20.4. The number of hydrogen-bond acceptors (Lipinski definition) is 6. The van der Waals surface area contributed by atoms with Gasteiger partial charge in [0.1, 0.15) is 16.6 Å². The largest absolute Gasteiger partial charge is 0.496 e. The molecule has 0 spiro atoms. The molecule has 1 aliphatic rings. The molecule has 3 heterocycles. The van der Waals surface area contributed by atoms with E-state index in [1.165, 1.54) is 4.88 Å². The van der Waals surface area contributed by atoms with Crippen molar-refractivity contribution in [2.24, 2.45) is 0 Å². The number of piperazine rings is 1. The number of nitrogens with zero attached hydrogens (tertiary/aromatic N) is 4.